The molecule has 4 nitrogen and oxygen atoms in total. The number of anilines is 3. The Kier molecular flexibility index (Phi) is 3.89. The Morgan fingerprint density at radius 1 is 0.852 bits per heavy atom. The van der Waals surface area contributed by atoms with E-state index in [0.717, 1.165) is 43.9 Å². The molecule has 0 atom stereocenters. The van der Waals surface area contributed by atoms with Crippen molar-refractivity contribution in [2.75, 3.05) is 22.9 Å². The number of benzene rings is 2. The number of aryl methyl sites for hydroxylation is 1. The van der Waals surface area contributed by atoms with Crippen LogP contribution in [0.15, 0.2) is 66.9 Å². The van der Waals surface area contributed by atoms with Gasteiger partial charge in [0.05, 0.1) is 0 Å². The fraction of sp³-hybridized carbons (Fsp3) is 0.217. The third-order valence-corrected chi connectivity index (χ3v) is 5.51. The number of rotatable bonds is 2. The van der Waals surface area contributed by atoms with Gasteiger partial charge in [0.25, 0.3) is 5.91 Å². The quantitative estimate of drug-likeness (QED) is 0.685. The van der Waals surface area contributed by atoms with Crippen LogP contribution in [0.25, 0.3) is 0 Å². The molecule has 1 amide bonds. The summed E-state index contributed by atoms with van der Waals surface area (Å²) in [5.41, 5.74) is 5.51. The molecule has 0 spiro atoms. The smallest absolute Gasteiger partial charge is 0.258 e. The highest BCUT2D eigenvalue weighted by Crippen LogP contribution is 2.33. The van der Waals surface area contributed by atoms with E-state index in [2.05, 4.69) is 40.2 Å². The van der Waals surface area contributed by atoms with Crippen LogP contribution < -0.4 is 9.80 Å². The van der Waals surface area contributed by atoms with E-state index in [1.165, 1.54) is 16.8 Å². The lowest BCUT2D eigenvalue weighted by Gasteiger charge is -2.30. The molecule has 2 aromatic carbocycles. The van der Waals surface area contributed by atoms with Crippen LogP contribution in [-0.2, 0) is 12.8 Å². The maximum absolute atomic E-state index is 13.2. The molecule has 0 bridgehead atoms. The van der Waals surface area contributed by atoms with E-state index in [9.17, 15) is 4.79 Å². The molecule has 27 heavy (non-hydrogen) atoms. The number of hydrogen-bond donors (Lipinski definition) is 0. The van der Waals surface area contributed by atoms with Gasteiger partial charge in [-0.3, -0.25) is 4.79 Å². The van der Waals surface area contributed by atoms with Crippen LogP contribution >= 0.6 is 0 Å². The van der Waals surface area contributed by atoms with Gasteiger partial charge in [0.2, 0.25) is 0 Å². The van der Waals surface area contributed by atoms with Crippen LogP contribution in [0.5, 0.6) is 0 Å². The molecule has 0 N–H and O–H groups in total. The third-order valence-electron chi connectivity index (χ3n) is 5.51. The predicted molar refractivity (Wildman–Crippen MR) is 108 cm³/mol. The minimum atomic E-state index is 0.0499. The Bertz CT molecular complexity index is 1010. The van der Waals surface area contributed by atoms with Crippen molar-refractivity contribution in [3.8, 4) is 0 Å². The maximum atomic E-state index is 13.2. The number of carbonyl (C=O) groups excluding carboxylic acids is 1. The van der Waals surface area contributed by atoms with Crippen molar-refractivity contribution in [2.24, 2.45) is 0 Å². The molecule has 0 unspecified atom stereocenters. The SMILES string of the molecule is O=C(c1ccnc(N2CCCc3ccccc32)c1)N1CCc2ccccc21. The zero-order valence-electron chi connectivity index (χ0n) is 15.1. The first kappa shape index (κ1) is 16.1. The summed E-state index contributed by atoms with van der Waals surface area (Å²) in [6.07, 6.45) is 4.85. The van der Waals surface area contributed by atoms with E-state index in [1.807, 2.05) is 35.2 Å². The molecule has 2 aliphatic rings. The minimum absolute atomic E-state index is 0.0499. The van der Waals surface area contributed by atoms with Gasteiger partial charge < -0.3 is 9.80 Å². The van der Waals surface area contributed by atoms with Gasteiger partial charge in [-0.05, 0) is 54.7 Å². The number of amides is 1. The molecule has 0 aliphatic carbocycles. The molecule has 3 heterocycles. The Balaban J connectivity index is 1.48. The van der Waals surface area contributed by atoms with Crippen LogP contribution in [0.3, 0.4) is 0 Å². The van der Waals surface area contributed by atoms with Gasteiger partial charge in [-0.25, -0.2) is 4.98 Å². The standard InChI is InChI=1S/C23H21N3O/c27-23(26-15-12-18-7-2-4-10-21(18)26)19-11-13-24-22(16-19)25-14-5-8-17-6-1-3-9-20(17)25/h1-4,6-7,9-11,13,16H,5,8,12,14-15H2. The largest absolute Gasteiger partial charge is 0.326 e. The molecule has 0 fully saturated rings. The van der Waals surface area contributed by atoms with Crippen LogP contribution in [0, 0.1) is 0 Å². The summed E-state index contributed by atoms with van der Waals surface area (Å²) < 4.78 is 0. The van der Waals surface area contributed by atoms with Gasteiger partial charge in [-0.2, -0.15) is 0 Å². The summed E-state index contributed by atoms with van der Waals surface area (Å²) in [5, 5.41) is 0. The lowest BCUT2D eigenvalue weighted by molar-refractivity contribution is 0.0989. The number of fused-ring (bicyclic) bond motifs is 2. The number of hydrogen-bond acceptors (Lipinski definition) is 3. The topological polar surface area (TPSA) is 36.4 Å². The summed E-state index contributed by atoms with van der Waals surface area (Å²) in [5.74, 6) is 0.898. The first-order valence-corrected chi connectivity index (χ1v) is 9.52. The number of aromatic nitrogens is 1. The van der Waals surface area contributed by atoms with E-state index in [-0.39, 0.29) is 5.91 Å². The van der Waals surface area contributed by atoms with E-state index >= 15 is 0 Å². The molecule has 2 aliphatic heterocycles. The van der Waals surface area contributed by atoms with Crippen LogP contribution in [-0.4, -0.2) is 24.0 Å². The van der Waals surface area contributed by atoms with Crippen LogP contribution in [0.2, 0.25) is 0 Å². The molecule has 0 radical (unpaired) electrons. The summed E-state index contributed by atoms with van der Waals surface area (Å²) in [7, 11) is 0. The van der Waals surface area contributed by atoms with E-state index in [0.29, 0.717) is 5.56 Å². The fourth-order valence-electron chi connectivity index (χ4n) is 4.18. The van der Waals surface area contributed by atoms with Crippen molar-refractivity contribution in [3.05, 3.63) is 83.6 Å². The Labute approximate surface area is 159 Å². The highest BCUT2D eigenvalue weighted by Gasteiger charge is 2.26. The summed E-state index contributed by atoms with van der Waals surface area (Å²) in [6, 6.07) is 20.4. The maximum Gasteiger partial charge on any atom is 0.258 e. The van der Waals surface area contributed by atoms with Crippen molar-refractivity contribution in [1.29, 1.82) is 0 Å². The Morgan fingerprint density at radius 2 is 1.59 bits per heavy atom. The van der Waals surface area contributed by atoms with Gasteiger partial charge in [-0.1, -0.05) is 36.4 Å². The van der Waals surface area contributed by atoms with E-state index in [1.54, 1.807) is 6.20 Å². The average molecular weight is 355 g/mol. The van der Waals surface area contributed by atoms with E-state index in [4.69, 9.17) is 0 Å². The summed E-state index contributed by atoms with van der Waals surface area (Å²) >= 11 is 0. The van der Waals surface area contributed by atoms with Gasteiger partial charge in [0.1, 0.15) is 5.82 Å². The Hall–Kier alpha value is -3.14. The molecule has 3 aromatic rings. The second-order valence-corrected chi connectivity index (χ2v) is 7.12. The minimum Gasteiger partial charge on any atom is -0.326 e. The fourth-order valence-corrected chi connectivity index (χ4v) is 4.18. The molecular formula is C23H21N3O. The lowest BCUT2D eigenvalue weighted by atomic mass is 10.0. The van der Waals surface area contributed by atoms with Crippen molar-refractivity contribution in [2.45, 2.75) is 19.3 Å². The molecular weight excluding hydrogens is 334 g/mol. The van der Waals surface area contributed by atoms with Gasteiger partial charge in [-0.15, -0.1) is 0 Å². The lowest BCUT2D eigenvalue weighted by Crippen LogP contribution is -2.30. The van der Waals surface area contributed by atoms with Crippen molar-refractivity contribution >= 4 is 23.1 Å². The average Bonchev–Trinajstić information content (AvgIpc) is 3.17. The second-order valence-electron chi connectivity index (χ2n) is 7.12. The third kappa shape index (κ3) is 2.78. The highest BCUT2D eigenvalue weighted by atomic mass is 16.2. The van der Waals surface area contributed by atoms with Crippen molar-refractivity contribution in [3.63, 3.8) is 0 Å². The number of nitrogens with zero attached hydrogens (tertiary/aromatic N) is 3. The first-order valence-electron chi connectivity index (χ1n) is 9.52. The second kappa shape index (κ2) is 6.54. The van der Waals surface area contributed by atoms with Crippen molar-refractivity contribution < 1.29 is 4.79 Å². The van der Waals surface area contributed by atoms with E-state index < -0.39 is 0 Å². The predicted octanol–water partition coefficient (Wildman–Crippen LogP) is 4.37. The number of pyridine rings is 1. The summed E-state index contributed by atoms with van der Waals surface area (Å²) in [6.45, 7) is 1.66. The van der Waals surface area contributed by atoms with Crippen molar-refractivity contribution in [1.82, 2.24) is 4.98 Å². The number of carbonyl (C=O) groups is 1. The molecule has 134 valence electrons. The molecule has 1 aromatic heterocycles. The van der Waals surface area contributed by atoms with Gasteiger partial charge >= 0.3 is 0 Å². The van der Waals surface area contributed by atoms with Crippen LogP contribution in [0.4, 0.5) is 17.2 Å². The first-order chi connectivity index (χ1) is 13.3. The van der Waals surface area contributed by atoms with Gasteiger partial charge in [0.15, 0.2) is 0 Å². The molecule has 0 saturated heterocycles. The zero-order chi connectivity index (χ0) is 18.2. The highest BCUT2D eigenvalue weighted by molar-refractivity contribution is 6.07. The monoisotopic (exact) mass is 355 g/mol. The normalized spacial score (nSPS) is 15.4. The zero-order valence-corrected chi connectivity index (χ0v) is 15.1. The molecule has 4 heteroatoms. The summed E-state index contributed by atoms with van der Waals surface area (Å²) in [4.78, 5) is 21.9. The Morgan fingerprint density at radius 3 is 2.44 bits per heavy atom. The molecule has 0 saturated carbocycles. The number of para-hydroxylation sites is 2. The molecule has 5 rings (SSSR count). The van der Waals surface area contributed by atoms with Gasteiger partial charge in [0, 0.05) is 36.2 Å². The van der Waals surface area contributed by atoms with Crippen LogP contribution in [0.1, 0.15) is 27.9 Å².